The predicted octanol–water partition coefficient (Wildman–Crippen LogP) is 2.44. The topological polar surface area (TPSA) is 24.7 Å². The van der Waals surface area contributed by atoms with Crippen LogP contribution in [0, 0.1) is 5.92 Å². The molecule has 0 spiro atoms. The summed E-state index contributed by atoms with van der Waals surface area (Å²) in [5.41, 5.74) is 0. The fraction of sp³-hybridized carbons (Fsp3) is 0.800. The molecule has 1 aliphatic heterocycles. The molecular formula is C10H16N2. The minimum absolute atomic E-state index is 0.821. The summed E-state index contributed by atoms with van der Waals surface area (Å²) in [6.07, 6.45) is 10.1. The molecule has 1 heterocycles. The van der Waals surface area contributed by atoms with Crippen LogP contribution >= 0.6 is 0 Å². The second kappa shape index (κ2) is 3.83. The van der Waals surface area contributed by atoms with E-state index in [0.717, 1.165) is 24.7 Å². The van der Waals surface area contributed by atoms with Crippen LogP contribution in [0.25, 0.3) is 0 Å². The maximum atomic E-state index is 4.32. The Morgan fingerprint density at radius 2 is 2.08 bits per heavy atom. The Balaban J connectivity index is 1.81. The van der Waals surface area contributed by atoms with Crippen LogP contribution in [0.15, 0.2) is 9.98 Å². The summed E-state index contributed by atoms with van der Waals surface area (Å²) in [6.45, 7) is 0.821. The third-order valence-corrected chi connectivity index (χ3v) is 2.79. The van der Waals surface area contributed by atoms with Crippen LogP contribution in [0.5, 0.6) is 0 Å². The fourth-order valence-corrected chi connectivity index (χ4v) is 2.10. The maximum absolute atomic E-state index is 4.32. The molecular weight excluding hydrogens is 148 g/mol. The van der Waals surface area contributed by atoms with Crippen molar-refractivity contribution in [3.63, 3.8) is 0 Å². The van der Waals surface area contributed by atoms with Gasteiger partial charge in [-0.3, -0.25) is 4.99 Å². The third-order valence-electron chi connectivity index (χ3n) is 2.79. The van der Waals surface area contributed by atoms with Crippen LogP contribution in [0.2, 0.25) is 0 Å². The van der Waals surface area contributed by atoms with E-state index in [9.17, 15) is 0 Å². The predicted molar refractivity (Wildman–Crippen MR) is 52.0 cm³/mol. The molecule has 66 valence electrons. The first kappa shape index (κ1) is 7.96. The Hall–Kier alpha value is -0.660. The summed E-state index contributed by atoms with van der Waals surface area (Å²) >= 11 is 0. The molecule has 0 saturated heterocycles. The molecule has 2 nitrogen and oxygen atoms in total. The van der Waals surface area contributed by atoms with E-state index >= 15 is 0 Å². The van der Waals surface area contributed by atoms with Gasteiger partial charge in [-0.25, -0.2) is 4.99 Å². The molecule has 2 rings (SSSR count). The van der Waals surface area contributed by atoms with Gasteiger partial charge < -0.3 is 0 Å². The standard InChI is InChI=1S/C10H16N2/c1-2-4-9(5-3-1)8-10-11-6-7-12-10/h6,9H,1-5,7-8H2. The van der Waals surface area contributed by atoms with E-state index in [1.54, 1.807) is 0 Å². The van der Waals surface area contributed by atoms with Crippen molar-refractivity contribution in [2.24, 2.45) is 15.9 Å². The summed E-state index contributed by atoms with van der Waals surface area (Å²) in [4.78, 5) is 8.58. The van der Waals surface area contributed by atoms with Crippen molar-refractivity contribution in [2.45, 2.75) is 38.5 Å². The first-order valence-corrected chi connectivity index (χ1v) is 5.01. The molecule has 1 fully saturated rings. The van der Waals surface area contributed by atoms with Gasteiger partial charge in [0.25, 0.3) is 0 Å². The van der Waals surface area contributed by atoms with Gasteiger partial charge in [0, 0.05) is 12.6 Å². The highest BCUT2D eigenvalue weighted by Crippen LogP contribution is 2.26. The largest absolute Gasteiger partial charge is 0.265 e. The zero-order chi connectivity index (χ0) is 8.23. The van der Waals surface area contributed by atoms with E-state index in [1.807, 2.05) is 6.21 Å². The molecule has 1 saturated carbocycles. The first-order valence-electron chi connectivity index (χ1n) is 5.01. The van der Waals surface area contributed by atoms with E-state index in [2.05, 4.69) is 9.98 Å². The number of rotatable bonds is 2. The van der Waals surface area contributed by atoms with Gasteiger partial charge in [0.05, 0.1) is 6.54 Å². The van der Waals surface area contributed by atoms with Gasteiger partial charge >= 0.3 is 0 Å². The summed E-state index contributed by atoms with van der Waals surface area (Å²) in [7, 11) is 0. The van der Waals surface area contributed by atoms with Gasteiger partial charge in [0.15, 0.2) is 0 Å². The van der Waals surface area contributed by atoms with Gasteiger partial charge in [0.1, 0.15) is 5.84 Å². The lowest BCUT2D eigenvalue weighted by Gasteiger charge is -2.20. The van der Waals surface area contributed by atoms with Gasteiger partial charge in [-0.1, -0.05) is 32.1 Å². The summed E-state index contributed by atoms with van der Waals surface area (Å²) in [5, 5.41) is 0. The van der Waals surface area contributed by atoms with E-state index in [4.69, 9.17) is 0 Å². The molecule has 2 heteroatoms. The molecule has 0 radical (unpaired) electrons. The lowest BCUT2D eigenvalue weighted by Crippen LogP contribution is -2.09. The average Bonchev–Trinajstić information content (AvgIpc) is 2.59. The van der Waals surface area contributed by atoms with Gasteiger partial charge in [-0.15, -0.1) is 0 Å². The highest BCUT2D eigenvalue weighted by Gasteiger charge is 2.15. The number of aliphatic imine (C=N–C) groups is 2. The monoisotopic (exact) mass is 164 g/mol. The molecule has 0 N–H and O–H groups in total. The molecule has 1 aliphatic carbocycles. The molecule has 0 atom stereocenters. The average molecular weight is 164 g/mol. The molecule has 0 aromatic heterocycles. The fourth-order valence-electron chi connectivity index (χ4n) is 2.10. The number of nitrogens with zero attached hydrogens (tertiary/aromatic N) is 2. The molecule has 0 amide bonds. The molecule has 0 unspecified atom stereocenters. The van der Waals surface area contributed by atoms with Crippen molar-refractivity contribution in [3.05, 3.63) is 0 Å². The summed E-state index contributed by atoms with van der Waals surface area (Å²) < 4.78 is 0. The first-order chi connectivity index (χ1) is 5.95. The Kier molecular flexibility index (Phi) is 2.54. The normalized spacial score (nSPS) is 24.5. The quantitative estimate of drug-likeness (QED) is 0.599. The van der Waals surface area contributed by atoms with Crippen LogP contribution in [0.3, 0.4) is 0 Å². The van der Waals surface area contributed by atoms with Crippen LogP contribution in [-0.4, -0.2) is 18.6 Å². The van der Waals surface area contributed by atoms with Gasteiger partial charge in [0.2, 0.25) is 0 Å². The minimum Gasteiger partial charge on any atom is -0.265 e. The van der Waals surface area contributed by atoms with Crippen molar-refractivity contribution < 1.29 is 0 Å². The Morgan fingerprint density at radius 1 is 1.25 bits per heavy atom. The van der Waals surface area contributed by atoms with Crippen molar-refractivity contribution in [2.75, 3.05) is 6.54 Å². The van der Waals surface area contributed by atoms with Crippen molar-refractivity contribution in [3.8, 4) is 0 Å². The molecule has 0 aromatic carbocycles. The second-order valence-corrected chi connectivity index (χ2v) is 3.78. The Morgan fingerprint density at radius 3 is 2.75 bits per heavy atom. The van der Waals surface area contributed by atoms with Gasteiger partial charge in [-0.05, 0) is 5.92 Å². The minimum atomic E-state index is 0.821. The maximum Gasteiger partial charge on any atom is 0.123 e. The SMILES string of the molecule is C1=NC(CC2CCCCC2)=NC1. The third kappa shape index (κ3) is 1.93. The van der Waals surface area contributed by atoms with Crippen molar-refractivity contribution in [1.29, 1.82) is 0 Å². The zero-order valence-electron chi connectivity index (χ0n) is 7.50. The van der Waals surface area contributed by atoms with E-state index in [1.165, 1.54) is 32.1 Å². The summed E-state index contributed by atoms with van der Waals surface area (Å²) in [6, 6.07) is 0. The van der Waals surface area contributed by atoms with Crippen LogP contribution < -0.4 is 0 Å². The lowest BCUT2D eigenvalue weighted by molar-refractivity contribution is 0.367. The lowest BCUT2D eigenvalue weighted by atomic mass is 9.87. The van der Waals surface area contributed by atoms with Crippen LogP contribution in [-0.2, 0) is 0 Å². The number of hydrogen-bond donors (Lipinski definition) is 0. The van der Waals surface area contributed by atoms with Gasteiger partial charge in [-0.2, -0.15) is 0 Å². The zero-order valence-corrected chi connectivity index (χ0v) is 7.50. The highest BCUT2D eigenvalue weighted by atomic mass is 15.0. The second-order valence-electron chi connectivity index (χ2n) is 3.78. The molecule has 0 aromatic rings. The Labute approximate surface area is 73.8 Å². The Bertz CT molecular complexity index is 200. The van der Waals surface area contributed by atoms with Crippen LogP contribution in [0.4, 0.5) is 0 Å². The summed E-state index contributed by atoms with van der Waals surface area (Å²) in [5.74, 6) is 1.98. The van der Waals surface area contributed by atoms with Crippen molar-refractivity contribution in [1.82, 2.24) is 0 Å². The van der Waals surface area contributed by atoms with E-state index in [-0.39, 0.29) is 0 Å². The van der Waals surface area contributed by atoms with Crippen LogP contribution in [0.1, 0.15) is 38.5 Å². The van der Waals surface area contributed by atoms with Crippen molar-refractivity contribution >= 4 is 12.1 Å². The number of amidine groups is 1. The smallest absolute Gasteiger partial charge is 0.123 e. The molecule has 12 heavy (non-hydrogen) atoms. The molecule has 2 aliphatic rings. The highest BCUT2D eigenvalue weighted by molar-refractivity contribution is 5.94. The van der Waals surface area contributed by atoms with E-state index in [0.29, 0.717) is 0 Å². The molecule has 0 bridgehead atoms. The van der Waals surface area contributed by atoms with E-state index < -0.39 is 0 Å². The number of hydrogen-bond acceptors (Lipinski definition) is 2.